The highest BCUT2D eigenvalue weighted by Gasteiger charge is 2.59. The lowest BCUT2D eigenvalue weighted by molar-refractivity contribution is -0.231. The molecule has 1 spiro atoms. The highest BCUT2D eigenvalue weighted by molar-refractivity contribution is 5.72. The van der Waals surface area contributed by atoms with Gasteiger partial charge in [0.25, 0.3) is 0 Å². The van der Waals surface area contributed by atoms with Crippen LogP contribution in [0, 0.1) is 5.92 Å². The van der Waals surface area contributed by atoms with Gasteiger partial charge in [-0.1, -0.05) is 36.8 Å². The third-order valence-electron chi connectivity index (χ3n) is 6.21. The van der Waals surface area contributed by atoms with Gasteiger partial charge in [-0.15, -0.1) is 0 Å². The van der Waals surface area contributed by atoms with Gasteiger partial charge in [0.05, 0.1) is 25.7 Å². The van der Waals surface area contributed by atoms with Gasteiger partial charge in [0, 0.05) is 12.8 Å². The number of benzene rings is 1. The zero-order valence-corrected chi connectivity index (χ0v) is 17.4. The van der Waals surface area contributed by atoms with Crippen molar-refractivity contribution in [3.8, 4) is 0 Å². The summed E-state index contributed by atoms with van der Waals surface area (Å²) < 4.78 is 30.4. The third-order valence-corrected chi connectivity index (χ3v) is 6.21. The molecule has 2 saturated heterocycles. The third kappa shape index (κ3) is 4.50. The van der Waals surface area contributed by atoms with Crippen molar-refractivity contribution >= 4 is 5.97 Å². The zero-order valence-electron chi connectivity index (χ0n) is 17.4. The molecule has 0 radical (unpaired) electrons. The molecule has 2 heterocycles. The topological polar surface area (TPSA) is 63.2 Å². The van der Waals surface area contributed by atoms with Crippen LogP contribution in [0.2, 0.25) is 0 Å². The number of carbonyl (C=O) groups excluding carboxylic acids is 1. The van der Waals surface area contributed by atoms with E-state index in [-0.39, 0.29) is 30.4 Å². The Morgan fingerprint density at radius 1 is 1.14 bits per heavy atom. The maximum atomic E-state index is 12.4. The molecule has 5 atom stereocenters. The largest absolute Gasteiger partial charge is 0.466 e. The molecule has 2 aliphatic heterocycles. The van der Waals surface area contributed by atoms with Crippen molar-refractivity contribution in [2.45, 2.75) is 82.8 Å². The van der Waals surface area contributed by atoms with Crippen LogP contribution in [0.15, 0.2) is 30.3 Å². The molecule has 4 rings (SSSR count). The normalized spacial score (nSPS) is 31.5. The minimum atomic E-state index is -0.526. The number of carbonyl (C=O) groups is 1. The predicted molar refractivity (Wildman–Crippen MR) is 106 cm³/mol. The van der Waals surface area contributed by atoms with E-state index in [0.29, 0.717) is 19.8 Å². The Morgan fingerprint density at radius 3 is 2.59 bits per heavy atom. The molecule has 6 heteroatoms. The van der Waals surface area contributed by atoms with E-state index in [1.807, 2.05) is 44.2 Å². The quantitative estimate of drug-likeness (QED) is 0.647. The van der Waals surface area contributed by atoms with E-state index in [1.165, 1.54) is 6.42 Å². The summed E-state index contributed by atoms with van der Waals surface area (Å²) in [6, 6.07) is 10.1. The highest BCUT2D eigenvalue weighted by atomic mass is 16.8. The van der Waals surface area contributed by atoms with Crippen molar-refractivity contribution in [1.29, 1.82) is 0 Å². The zero-order chi connectivity index (χ0) is 20.3. The molecular formula is C23H32O6. The number of rotatable bonds is 7. The average molecular weight is 405 g/mol. The van der Waals surface area contributed by atoms with Crippen LogP contribution in [0.4, 0.5) is 0 Å². The first-order valence-electron chi connectivity index (χ1n) is 10.9. The first kappa shape index (κ1) is 20.8. The van der Waals surface area contributed by atoms with Gasteiger partial charge in [-0.3, -0.25) is 4.79 Å². The first-order valence-corrected chi connectivity index (χ1v) is 10.9. The second-order valence-corrected chi connectivity index (χ2v) is 8.32. The van der Waals surface area contributed by atoms with Crippen LogP contribution in [0.25, 0.3) is 0 Å². The van der Waals surface area contributed by atoms with Crippen LogP contribution in [-0.4, -0.2) is 49.4 Å². The fourth-order valence-corrected chi connectivity index (χ4v) is 4.69. The van der Waals surface area contributed by atoms with Gasteiger partial charge in [0.15, 0.2) is 5.79 Å². The Bertz CT molecular complexity index is 671. The first-order chi connectivity index (χ1) is 14.1. The maximum Gasteiger partial charge on any atom is 0.311 e. The van der Waals surface area contributed by atoms with Crippen LogP contribution in [-0.2, 0) is 35.1 Å². The Kier molecular flexibility index (Phi) is 6.54. The van der Waals surface area contributed by atoms with Gasteiger partial charge < -0.3 is 23.7 Å². The van der Waals surface area contributed by atoms with Gasteiger partial charge in [-0.2, -0.15) is 0 Å². The van der Waals surface area contributed by atoms with E-state index >= 15 is 0 Å². The molecule has 1 aliphatic carbocycles. The molecule has 6 nitrogen and oxygen atoms in total. The summed E-state index contributed by atoms with van der Waals surface area (Å²) in [6.07, 6.45) is 4.10. The minimum absolute atomic E-state index is 0.217. The second kappa shape index (κ2) is 9.13. The van der Waals surface area contributed by atoms with Gasteiger partial charge in [-0.25, -0.2) is 0 Å². The van der Waals surface area contributed by atoms with E-state index in [9.17, 15) is 4.79 Å². The van der Waals surface area contributed by atoms with Crippen molar-refractivity contribution < 1.29 is 28.5 Å². The molecule has 0 N–H and O–H groups in total. The molecular weight excluding hydrogens is 372 g/mol. The monoisotopic (exact) mass is 404 g/mol. The molecule has 0 aromatic heterocycles. The van der Waals surface area contributed by atoms with Crippen molar-refractivity contribution in [2.24, 2.45) is 5.92 Å². The SMILES string of the molecule is CCOC(=O)C(C)[C@@H]1O[C@H](COCc2ccccc2)[C@H]2OC3(CCCCC3)O[C@H]21. The van der Waals surface area contributed by atoms with E-state index in [2.05, 4.69) is 0 Å². The molecule has 1 aromatic carbocycles. The summed E-state index contributed by atoms with van der Waals surface area (Å²) in [6.45, 7) is 4.94. The summed E-state index contributed by atoms with van der Waals surface area (Å²) in [5.41, 5.74) is 1.12. The van der Waals surface area contributed by atoms with Crippen molar-refractivity contribution in [3.63, 3.8) is 0 Å². The van der Waals surface area contributed by atoms with Crippen molar-refractivity contribution in [2.75, 3.05) is 13.2 Å². The van der Waals surface area contributed by atoms with E-state index in [4.69, 9.17) is 23.7 Å². The lowest BCUT2D eigenvalue weighted by atomic mass is 9.94. The standard InChI is InChI=1S/C23H32O6/c1-3-26-22(24)16(2)19-21-20(28-23(29-21)12-8-5-9-13-23)18(27-19)15-25-14-17-10-6-4-7-11-17/h4,6-7,10-11,16,18-21H,3,5,8-9,12-15H2,1-2H3/t16?,18-,19+,20-,21+/m1/s1. The number of hydrogen-bond donors (Lipinski definition) is 0. The van der Waals surface area contributed by atoms with Gasteiger partial charge in [-0.05, 0) is 32.3 Å². The van der Waals surface area contributed by atoms with E-state index in [0.717, 1.165) is 31.2 Å². The maximum absolute atomic E-state index is 12.4. The summed E-state index contributed by atoms with van der Waals surface area (Å²) >= 11 is 0. The molecule has 160 valence electrons. The Balaban J connectivity index is 1.44. The number of fused-ring (bicyclic) bond motifs is 1. The Morgan fingerprint density at radius 2 is 1.86 bits per heavy atom. The average Bonchev–Trinajstić information content (AvgIpc) is 3.25. The summed E-state index contributed by atoms with van der Waals surface area (Å²) in [7, 11) is 0. The van der Waals surface area contributed by atoms with Gasteiger partial charge in [0.1, 0.15) is 24.4 Å². The summed E-state index contributed by atoms with van der Waals surface area (Å²) in [5, 5.41) is 0. The fraction of sp³-hybridized carbons (Fsp3) is 0.696. The predicted octanol–water partition coefficient (Wildman–Crippen LogP) is 3.61. The minimum Gasteiger partial charge on any atom is -0.466 e. The van der Waals surface area contributed by atoms with Crippen LogP contribution in [0.1, 0.15) is 51.5 Å². The van der Waals surface area contributed by atoms with Crippen LogP contribution < -0.4 is 0 Å². The molecule has 3 aliphatic rings. The van der Waals surface area contributed by atoms with Crippen LogP contribution in [0.3, 0.4) is 0 Å². The summed E-state index contributed by atoms with van der Waals surface area (Å²) in [5.74, 6) is -1.19. The molecule has 1 unspecified atom stereocenters. The number of ether oxygens (including phenoxy) is 5. The molecule has 3 fully saturated rings. The molecule has 0 bridgehead atoms. The van der Waals surface area contributed by atoms with E-state index in [1.54, 1.807) is 0 Å². The Hall–Kier alpha value is -1.47. The second-order valence-electron chi connectivity index (χ2n) is 8.32. The lowest BCUT2D eigenvalue weighted by Crippen LogP contribution is -2.40. The summed E-state index contributed by atoms with van der Waals surface area (Å²) in [4.78, 5) is 12.4. The van der Waals surface area contributed by atoms with Gasteiger partial charge >= 0.3 is 5.97 Å². The number of esters is 1. The number of hydrogen-bond acceptors (Lipinski definition) is 6. The lowest BCUT2D eigenvalue weighted by Gasteiger charge is -2.34. The van der Waals surface area contributed by atoms with Crippen molar-refractivity contribution in [1.82, 2.24) is 0 Å². The Labute approximate surface area is 172 Å². The fourth-order valence-electron chi connectivity index (χ4n) is 4.69. The van der Waals surface area contributed by atoms with Crippen LogP contribution >= 0.6 is 0 Å². The van der Waals surface area contributed by atoms with Crippen LogP contribution in [0.5, 0.6) is 0 Å². The molecule has 1 aromatic rings. The molecule has 0 amide bonds. The molecule has 1 saturated carbocycles. The van der Waals surface area contributed by atoms with E-state index < -0.39 is 11.7 Å². The van der Waals surface area contributed by atoms with Crippen molar-refractivity contribution in [3.05, 3.63) is 35.9 Å². The smallest absolute Gasteiger partial charge is 0.311 e. The molecule has 29 heavy (non-hydrogen) atoms. The van der Waals surface area contributed by atoms with Gasteiger partial charge in [0.2, 0.25) is 0 Å². The highest BCUT2D eigenvalue weighted by Crippen LogP contribution is 2.47.